The van der Waals surface area contributed by atoms with E-state index in [1.54, 1.807) is 6.07 Å². The Kier molecular flexibility index (Phi) is 8.32. The summed E-state index contributed by atoms with van der Waals surface area (Å²) >= 11 is 0. The van der Waals surface area contributed by atoms with Gasteiger partial charge in [0.05, 0.1) is 11.5 Å². The first-order valence-electron chi connectivity index (χ1n) is 14.1. The zero-order chi connectivity index (χ0) is 30.2. The fraction of sp³-hybridized carbons (Fsp3) is 0.533. The van der Waals surface area contributed by atoms with Gasteiger partial charge in [-0.25, -0.2) is 8.42 Å². The van der Waals surface area contributed by atoms with Crippen molar-refractivity contribution in [3.63, 3.8) is 0 Å². The second-order valence-corrected chi connectivity index (χ2v) is 13.7. The van der Waals surface area contributed by atoms with Gasteiger partial charge < -0.3 is 19.7 Å². The number of carbonyl (C=O) groups excluding carboxylic acids is 2. The molecule has 8 nitrogen and oxygen atoms in total. The van der Waals surface area contributed by atoms with E-state index in [9.17, 15) is 31.2 Å². The van der Waals surface area contributed by atoms with Crippen LogP contribution in [0, 0.1) is 5.41 Å². The molecule has 3 aliphatic rings. The third-order valence-electron chi connectivity index (χ3n) is 9.08. The molecule has 3 fully saturated rings. The van der Waals surface area contributed by atoms with Crippen LogP contribution in [-0.4, -0.2) is 75.7 Å². The van der Waals surface area contributed by atoms with Crippen molar-refractivity contribution in [2.45, 2.75) is 55.9 Å². The zero-order valence-electron chi connectivity index (χ0n) is 23.4. The van der Waals surface area contributed by atoms with Gasteiger partial charge in [-0.1, -0.05) is 48.5 Å². The number of halogens is 3. The van der Waals surface area contributed by atoms with E-state index in [2.05, 4.69) is 5.32 Å². The summed E-state index contributed by atoms with van der Waals surface area (Å²) in [6.07, 6.45) is -3.67. The maximum absolute atomic E-state index is 14.6. The average molecular weight is 609 g/mol. The highest BCUT2D eigenvalue weighted by Crippen LogP contribution is 2.52. The van der Waals surface area contributed by atoms with Crippen LogP contribution in [0.15, 0.2) is 54.6 Å². The number of nitrogens with zero attached hydrogens (tertiary/aromatic N) is 1. The summed E-state index contributed by atoms with van der Waals surface area (Å²) in [4.78, 5) is 27.5. The van der Waals surface area contributed by atoms with E-state index in [0.29, 0.717) is 38.0 Å². The third kappa shape index (κ3) is 5.62. The van der Waals surface area contributed by atoms with Gasteiger partial charge in [0, 0.05) is 44.6 Å². The lowest BCUT2D eigenvalue weighted by Gasteiger charge is -2.50. The standard InChI is InChI=1S/C30H35F3N2O6S/c1-40-29(30(31,32)33,21-7-3-2-4-8-21)27(37)35-15-13-28(14-16-35)19-26(36)34-20-24(28)23-9-5-6-10-25(23)41-22-11-17-42(38,39)18-12-22/h2-10,22,24H,11-20H2,1H3,(H,34,36)/t24?,29-/m1/s1. The highest BCUT2D eigenvalue weighted by molar-refractivity contribution is 7.91. The molecular weight excluding hydrogens is 573 g/mol. The molecule has 0 aromatic heterocycles. The van der Waals surface area contributed by atoms with Crippen LogP contribution in [0.4, 0.5) is 13.2 Å². The molecule has 5 rings (SSSR count). The number of amides is 2. The topological polar surface area (TPSA) is 102 Å². The van der Waals surface area contributed by atoms with Gasteiger partial charge in [-0.15, -0.1) is 0 Å². The number of ether oxygens (including phenoxy) is 2. The first kappa shape index (κ1) is 30.3. The third-order valence-corrected chi connectivity index (χ3v) is 10.8. The molecule has 2 amide bonds. The van der Waals surface area contributed by atoms with Crippen LogP contribution in [0.3, 0.4) is 0 Å². The lowest BCUT2D eigenvalue weighted by atomic mass is 9.62. The first-order chi connectivity index (χ1) is 19.9. The Balaban J connectivity index is 1.39. The van der Waals surface area contributed by atoms with Crippen molar-refractivity contribution in [3.8, 4) is 5.75 Å². The van der Waals surface area contributed by atoms with E-state index in [1.165, 1.54) is 29.2 Å². The van der Waals surface area contributed by atoms with Gasteiger partial charge >= 0.3 is 6.18 Å². The molecule has 42 heavy (non-hydrogen) atoms. The largest absolute Gasteiger partial charge is 0.490 e. The van der Waals surface area contributed by atoms with Gasteiger partial charge in [0.1, 0.15) is 11.9 Å². The molecule has 3 aliphatic heterocycles. The second kappa shape index (κ2) is 11.5. The molecule has 1 N–H and O–H groups in total. The Morgan fingerprint density at radius 2 is 1.62 bits per heavy atom. The number of piperidine rings is 2. The summed E-state index contributed by atoms with van der Waals surface area (Å²) in [5.74, 6) is -0.784. The van der Waals surface area contributed by atoms with E-state index < -0.39 is 32.9 Å². The number of alkyl halides is 3. The Labute approximate surface area is 243 Å². The van der Waals surface area contributed by atoms with Crippen molar-refractivity contribution in [3.05, 3.63) is 65.7 Å². The summed E-state index contributed by atoms with van der Waals surface area (Å²) in [5, 5.41) is 2.93. The minimum Gasteiger partial charge on any atom is -0.490 e. The van der Waals surface area contributed by atoms with Crippen molar-refractivity contribution in [2.24, 2.45) is 5.41 Å². The zero-order valence-corrected chi connectivity index (χ0v) is 24.2. The van der Waals surface area contributed by atoms with E-state index in [1.807, 2.05) is 24.3 Å². The number of hydrogen-bond acceptors (Lipinski definition) is 6. The highest BCUT2D eigenvalue weighted by Gasteiger charge is 2.64. The van der Waals surface area contributed by atoms with E-state index in [4.69, 9.17) is 9.47 Å². The van der Waals surface area contributed by atoms with Crippen molar-refractivity contribution < 1.29 is 40.7 Å². The number of para-hydroxylation sites is 1. The first-order valence-corrected chi connectivity index (χ1v) is 15.9. The molecule has 3 saturated heterocycles. The van der Waals surface area contributed by atoms with E-state index in [0.717, 1.165) is 12.7 Å². The van der Waals surface area contributed by atoms with Crippen LogP contribution < -0.4 is 10.1 Å². The summed E-state index contributed by atoms with van der Waals surface area (Å²) in [6, 6.07) is 14.4. The predicted octanol–water partition coefficient (Wildman–Crippen LogP) is 3.96. The number of hydrogen-bond donors (Lipinski definition) is 1. The molecule has 0 radical (unpaired) electrons. The smallest absolute Gasteiger partial charge is 0.430 e. The molecule has 12 heteroatoms. The summed E-state index contributed by atoms with van der Waals surface area (Å²) in [7, 11) is -2.17. The molecule has 0 aliphatic carbocycles. The number of carbonyl (C=O) groups is 2. The highest BCUT2D eigenvalue weighted by atomic mass is 32.2. The number of likely N-dealkylation sites (tertiary alicyclic amines) is 1. The van der Waals surface area contributed by atoms with Gasteiger partial charge in [0.2, 0.25) is 5.91 Å². The minimum atomic E-state index is -5.00. The maximum Gasteiger partial charge on any atom is 0.430 e. The predicted molar refractivity (Wildman–Crippen MR) is 149 cm³/mol. The number of methoxy groups -OCH3 is 1. The lowest BCUT2D eigenvalue weighted by Crippen LogP contribution is -2.60. The van der Waals surface area contributed by atoms with Gasteiger partial charge in [0.25, 0.3) is 11.5 Å². The average Bonchev–Trinajstić information content (AvgIpc) is 2.96. The monoisotopic (exact) mass is 608 g/mol. The van der Waals surface area contributed by atoms with Crippen molar-refractivity contribution in [2.75, 3.05) is 38.2 Å². The summed E-state index contributed by atoms with van der Waals surface area (Å²) in [5.41, 5.74) is -3.18. The van der Waals surface area contributed by atoms with Gasteiger partial charge in [-0.05, 0) is 42.7 Å². The van der Waals surface area contributed by atoms with Gasteiger partial charge in [0.15, 0.2) is 9.84 Å². The molecule has 1 spiro atoms. The van der Waals surface area contributed by atoms with E-state index in [-0.39, 0.29) is 54.5 Å². The van der Waals surface area contributed by atoms with Crippen LogP contribution in [0.5, 0.6) is 5.75 Å². The molecule has 2 aromatic rings. The fourth-order valence-electron chi connectivity index (χ4n) is 6.72. The molecule has 2 aromatic carbocycles. The normalized spacial score (nSPS) is 24.0. The van der Waals surface area contributed by atoms with Crippen molar-refractivity contribution in [1.82, 2.24) is 10.2 Å². The van der Waals surface area contributed by atoms with Crippen molar-refractivity contribution >= 4 is 21.7 Å². The number of benzene rings is 2. The Hall–Kier alpha value is -3.12. The summed E-state index contributed by atoms with van der Waals surface area (Å²) < 4.78 is 78.8. The van der Waals surface area contributed by atoms with Gasteiger partial charge in [-0.3, -0.25) is 9.59 Å². The van der Waals surface area contributed by atoms with Crippen LogP contribution in [0.25, 0.3) is 0 Å². The maximum atomic E-state index is 14.6. The van der Waals surface area contributed by atoms with Crippen LogP contribution in [0.2, 0.25) is 0 Å². The second-order valence-electron chi connectivity index (χ2n) is 11.4. The summed E-state index contributed by atoms with van der Waals surface area (Å²) in [6.45, 7) is 0.376. The molecule has 1 unspecified atom stereocenters. The SMILES string of the molecule is CO[C@@](C(=O)N1CCC2(CC1)CC(=O)NCC2c1ccccc1OC1CCS(=O)(=O)CC1)(c1ccccc1)C(F)(F)F. The van der Waals surface area contributed by atoms with Crippen molar-refractivity contribution in [1.29, 1.82) is 0 Å². The number of sulfone groups is 1. The number of rotatable bonds is 6. The van der Waals surface area contributed by atoms with Gasteiger partial charge in [-0.2, -0.15) is 13.2 Å². The Morgan fingerprint density at radius 1 is 1.00 bits per heavy atom. The van der Waals surface area contributed by atoms with Crippen LogP contribution in [-0.2, 0) is 29.8 Å². The number of nitrogens with one attached hydrogen (secondary N) is 1. The van der Waals surface area contributed by atoms with E-state index >= 15 is 0 Å². The van der Waals surface area contributed by atoms with Crippen LogP contribution in [0.1, 0.15) is 49.1 Å². The van der Waals surface area contributed by atoms with Crippen LogP contribution >= 0.6 is 0 Å². The lowest BCUT2D eigenvalue weighted by molar-refractivity contribution is -0.271. The molecule has 0 bridgehead atoms. The minimum absolute atomic E-state index is 0.0279. The molecule has 2 atom stereocenters. The fourth-order valence-corrected chi connectivity index (χ4v) is 8.17. The Morgan fingerprint density at radius 3 is 2.24 bits per heavy atom. The molecule has 0 saturated carbocycles. The molecule has 3 heterocycles. The quantitative estimate of drug-likeness (QED) is 0.533. The Bertz CT molecular complexity index is 1400. The molecule has 228 valence electrons. The molecular formula is C30H35F3N2O6S.